The number of imide groups is 1. The highest BCUT2D eigenvalue weighted by molar-refractivity contribution is 6.35. The summed E-state index contributed by atoms with van der Waals surface area (Å²) in [7, 11) is 1.57. The first-order chi connectivity index (χ1) is 13.6. The largest absolute Gasteiger partial charge is 0.494 e. The molecule has 2 amide bonds. The number of amides is 2. The summed E-state index contributed by atoms with van der Waals surface area (Å²) in [5, 5.41) is 0. The molecule has 1 aromatic rings. The van der Waals surface area contributed by atoms with Crippen molar-refractivity contribution in [2.75, 3.05) is 40.0 Å². The van der Waals surface area contributed by atoms with Gasteiger partial charge in [-0.3, -0.25) is 14.5 Å². The number of methoxy groups -OCH3 is 1. The smallest absolute Gasteiger partial charge is 0.277 e. The van der Waals surface area contributed by atoms with Crippen LogP contribution in [0.25, 0.3) is 5.57 Å². The van der Waals surface area contributed by atoms with Crippen molar-refractivity contribution < 1.29 is 19.1 Å². The van der Waals surface area contributed by atoms with Crippen molar-refractivity contribution in [2.24, 2.45) is 5.92 Å². The van der Waals surface area contributed by atoms with Gasteiger partial charge in [0.2, 0.25) is 0 Å². The van der Waals surface area contributed by atoms with E-state index >= 15 is 0 Å². The molecule has 0 bridgehead atoms. The van der Waals surface area contributed by atoms with Gasteiger partial charge in [-0.05, 0) is 42.9 Å². The summed E-state index contributed by atoms with van der Waals surface area (Å²) in [4.78, 5) is 29.7. The number of carbonyl (C=O) groups is 2. The lowest BCUT2D eigenvalue weighted by Gasteiger charge is -2.32. The molecule has 0 saturated carbocycles. The molecule has 6 nitrogen and oxygen atoms in total. The number of ether oxygens (including phenoxy) is 2. The molecule has 0 N–H and O–H groups in total. The lowest BCUT2D eigenvalue weighted by molar-refractivity contribution is -0.138. The highest BCUT2D eigenvalue weighted by Gasteiger charge is 2.41. The van der Waals surface area contributed by atoms with E-state index in [0.717, 1.165) is 43.7 Å². The molecule has 0 aromatic heterocycles. The Hall–Kier alpha value is -2.34. The minimum Gasteiger partial charge on any atom is -0.494 e. The molecule has 2 heterocycles. The van der Waals surface area contributed by atoms with E-state index in [-0.39, 0.29) is 18.4 Å². The van der Waals surface area contributed by atoms with Crippen molar-refractivity contribution in [3.63, 3.8) is 0 Å². The van der Waals surface area contributed by atoms with Crippen LogP contribution in [0.3, 0.4) is 0 Å². The number of benzene rings is 1. The van der Waals surface area contributed by atoms with Gasteiger partial charge in [0.15, 0.2) is 0 Å². The Labute approximate surface area is 167 Å². The molecule has 0 unspecified atom stereocenters. The van der Waals surface area contributed by atoms with Crippen molar-refractivity contribution in [3.05, 3.63) is 35.5 Å². The summed E-state index contributed by atoms with van der Waals surface area (Å²) in [5.74, 6) is 0.968. The van der Waals surface area contributed by atoms with E-state index in [2.05, 4.69) is 18.7 Å². The standard InChI is InChI=1S/C22H30N2O4/c1-4-14-28-18-7-5-17(6-8-18)19-20(23-11-9-16(2)10-12-23)22(26)24(21(19)25)13-15-27-3/h5-8,16H,4,9-15H2,1-3H3. The van der Waals surface area contributed by atoms with Gasteiger partial charge in [-0.1, -0.05) is 26.0 Å². The topological polar surface area (TPSA) is 59.1 Å². The van der Waals surface area contributed by atoms with E-state index < -0.39 is 0 Å². The van der Waals surface area contributed by atoms with Gasteiger partial charge in [-0.2, -0.15) is 0 Å². The molecule has 0 aliphatic carbocycles. The van der Waals surface area contributed by atoms with Gasteiger partial charge in [-0.25, -0.2) is 0 Å². The zero-order chi connectivity index (χ0) is 20.1. The summed E-state index contributed by atoms with van der Waals surface area (Å²) < 4.78 is 10.7. The summed E-state index contributed by atoms with van der Waals surface area (Å²) >= 11 is 0. The predicted octanol–water partition coefficient (Wildman–Crippen LogP) is 2.93. The normalized spacial score (nSPS) is 18.4. The molecule has 152 valence electrons. The minimum atomic E-state index is -0.238. The van der Waals surface area contributed by atoms with Crippen LogP contribution in [0.4, 0.5) is 0 Å². The number of hydrogen-bond donors (Lipinski definition) is 0. The van der Waals surface area contributed by atoms with Crippen LogP contribution in [-0.4, -0.2) is 61.6 Å². The summed E-state index contributed by atoms with van der Waals surface area (Å²) in [6.45, 7) is 7.14. The van der Waals surface area contributed by atoms with Gasteiger partial charge in [-0.15, -0.1) is 0 Å². The Morgan fingerprint density at radius 2 is 1.71 bits per heavy atom. The van der Waals surface area contributed by atoms with Gasteiger partial charge in [0.05, 0.1) is 25.3 Å². The maximum atomic E-state index is 13.1. The maximum absolute atomic E-state index is 13.1. The molecule has 1 fully saturated rings. The second kappa shape index (κ2) is 9.24. The first kappa shape index (κ1) is 20.4. The molecule has 6 heteroatoms. The van der Waals surface area contributed by atoms with Crippen LogP contribution in [0.5, 0.6) is 5.75 Å². The Morgan fingerprint density at radius 3 is 2.32 bits per heavy atom. The van der Waals surface area contributed by atoms with Crippen LogP contribution >= 0.6 is 0 Å². The van der Waals surface area contributed by atoms with Crippen LogP contribution in [0.15, 0.2) is 30.0 Å². The molecule has 0 radical (unpaired) electrons. The molecular formula is C22H30N2O4. The Kier molecular flexibility index (Phi) is 6.73. The van der Waals surface area contributed by atoms with Crippen molar-refractivity contribution in [2.45, 2.75) is 33.1 Å². The Balaban J connectivity index is 1.93. The fourth-order valence-electron chi connectivity index (χ4n) is 3.67. The predicted molar refractivity (Wildman–Crippen MR) is 108 cm³/mol. The van der Waals surface area contributed by atoms with E-state index in [1.807, 2.05) is 24.3 Å². The summed E-state index contributed by atoms with van der Waals surface area (Å²) in [6, 6.07) is 7.47. The van der Waals surface area contributed by atoms with Crippen molar-refractivity contribution in [1.82, 2.24) is 9.80 Å². The van der Waals surface area contributed by atoms with E-state index in [4.69, 9.17) is 9.47 Å². The average molecular weight is 386 g/mol. The van der Waals surface area contributed by atoms with Crippen LogP contribution in [-0.2, 0) is 14.3 Å². The van der Waals surface area contributed by atoms with E-state index in [9.17, 15) is 9.59 Å². The van der Waals surface area contributed by atoms with Crippen molar-refractivity contribution in [1.29, 1.82) is 0 Å². The minimum absolute atomic E-state index is 0.210. The highest BCUT2D eigenvalue weighted by atomic mass is 16.5. The van der Waals surface area contributed by atoms with Gasteiger partial charge >= 0.3 is 0 Å². The van der Waals surface area contributed by atoms with E-state index in [1.54, 1.807) is 7.11 Å². The number of rotatable bonds is 8. The number of nitrogens with zero attached hydrogens (tertiary/aromatic N) is 2. The van der Waals surface area contributed by atoms with Crippen molar-refractivity contribution in [3.8, 4) is 5.75 Å². The number of piperidine rings is 1. The molecular weight excluding hydrogens is 356 g/mol. The first-order valence-corrected chi connectivity index (χ1v) is 10.1. The molecule has 0 atom stereocenters. The summed E-state index contributed by atoms with van der Waals surface area (Å²) in [6.07, 6.45) is 2.99. The first-order valence-electron chi connectivity index (χ1n) is 10.1. The van der Waals surface area contributed by atoms with Crippen LogP contribution in [0, 0.1) is 5.92 Å². The summed E-state index contributed by atoms with van der Waals surface area (Å²) in [5.41, 5.74) is 1.80. The fourth-order valence-corrected chi connectivity index (χ4v) is 3.67. The molecule has 2 aliphatic rings. The molecule has 3 rings (SSSR count). The van der Waals surface area contributed by atoms with Crippen LogP contribution in [0.1, 0.15) is 38.7 Å². The number of likely N-dealkylation sites (tertiary alicyclic amines) is 1. The third-order valence-corrected chi connectivity index (χ3v) is 5.38. The van der Waals surface area contributed by atoms with Crippen LogP contribution in [0.2, 0.25) is 0 Å². The Bertz CT molecular complexity index is 733. The molecule has 0 spiro atoms. The molecule has 28 heavy (non-hydrogen) atoms. The van der Waals surface area contributed by atoms with Crippen LogP contribution < -0.4 is 4.74 Å². The van der Waals surface area contributed by atoms with E-state index in [0.29, 0.717) is 30.4 Å². The third kappa shape index (κ3) is 4.22. The van der Waals surface area contributed by atoms with Crippen molar-refractivity contribution >= 4 is 17.4 Å². The molecule has 1 saturated heterocycles. The van der Waals surface area contributed by atoms with E-state index in [1.165, 1.54) is 4.90 Å². The van der Waals surface area contributed by atoms with Gasteiger partial charge in [0, 0.05) is 20.2 Å². The number of carbonyl (C=O) groups excluding carboxylic acids is 2. The second-order valence-corrected chi connectivity index (χ2v) is 7.52. The molecule has 1 aromatic carbocycles. The van der Waals surface area contributed by atoms with Gasteiger partial charge in [0.25, 0.3) is 11.8 Å². The molecule has 2 aliphatic heterocycles. The SMILES string of the molecule is CCCOc1ccc(C2=C(N3CCC(C)CC3)C(=O)N(CCOC)C2=O)cc1. The zero-order valence-electron chi connectivity index (χ0n) is 17.1. The fraction of sp³-hybridized carbons (Fsp3) is 0.545. The van der Waals surface area contributed by atoms with Gasteiger partial charge in [0.1, 0.15) is 11.4 Å². The number of hydrogen-bond acceptors (Lipinski definition) is 5. The van der Waals surface area contributed by atoms with Gasteiger partial charge < -0.3 is 14.4 Å². The Morgan fingerprint density at radius 1 is 1.04 bits per heavy atom. The quantitative estimate of drug-likeness (QED) is 0.643. The third-order valence-electron chi connectivity index (χ3n) is 5.38. The lowest BCUT2D eigenvalue weighted by atomic mass is 9.97. The second-order valence-electron chi connectivity index (χ2n) is 7.52. The zero-order valence-corrected chi connectivity index (χ0v) is 17.1. The monoisotopic (exact) mass is 386 g/mol. The maximum Gasteiger partial charge on any atom is 0.277 e. The highest BCUT2D eigenvalue weighted by Crippen LogP contribution is 2.34. The average Bonchev–Trinajstić information content (AvgIpc) is 2.96. The lowest BCUT2D eigenvalue weighted by Crippen LogP contribution is -2.39.